The first kappa shape index (κ1) is 17.2. The molecule has 0 aliphatic heterocycles. The van der Waals surface area contributed by atoms with Gasteiger partial charge in [0.1, 0.15) is 4.83 Å². The summed E-state index contributed by atoms with van der Waals surface area (Å²) >= 11 is 1.38. The van der Waals surface area contributed by atoms with Crippen molar-refractivity contribution in [2.24, 2.45) is 0 Å². The molecule has 130 valence electrons. The SMILES string of the molecule is C[C@H](NC(=O)CCn1cnc2sccc2c1=O)c1ccc(F)c(F)c1. The third-order valence-corrected chi connectivity index (χ3v) is 4.67. The standard InChI is InChI=1S/C17H15F2N3O2S/c1-10(11-2-3-13(18)14(19)8-11)21-15(23)4-6-22-9-20-16-12(17(22)24)5-7-25-16/h2-3,5,7-10H,4,6H2,1H3,(H,21,23)/t10-/m0/s1. The zero-order valence-corrected chi connectivity index (χ0v) is 14.1. The van der Waals surface area contributed by atoms with Crippen molar-refractivity contribution >= 4 is 27.5 Å². The van der Waals surface area contributed by atoms with E-state index >= 15 is 0 Å². The lowest BCUT2D eigenvalue weighted by Gasteiger charge is -2.15. The third-order valence-electron chi connectivity index (χ3n) is 3.85. The number of nitrogens with one attached hydrogen (secondary N) is 1. The number of rotatable bonds is 5. The van der Waals surface area contributed by atoms with Crippen LogP contribution in [0.2, 0.25) is 0 Å². The number of hydrogen-bond donors (Lipinski definition) is 1. The fourth-order valence-electron chi connectivity index (χ4n) is 2.45. The average Bonchev–Trinajstić information content (AvgIpc) is 3.06. The number of hydrogen-bond acceptors (Lipinski definition) is 4. The first-order valence-electron chi connectivity index (χ1n) is 7.62. The second-order valence-corrected chi connectivity index (χ2v) is 6.49. The normalized spacial score (nSPS) is 12.3. The first-order valence-corrected chi connectivity index (χ1v) is 8.50. The van der Waals surface area contributed by atoms with Crippen molar-refractivity contribution in [2.45, 2.75) is 25.9 Å². The molecule has 1 amide bonds. The number of aryl methyl sites for hydroxylation is 1. The largest absolute Gasteiger partial charge is 0.350 e. The molecule has 0 aliphatic rings. The fraction of sp³-hybridized carbons (Fsp3) is 0.235. The van der Waals surface area contributed by atoms with Gasteiger partial charge < -0.3 is 5.32 Å². The van der Waals surface area contributed by atoms with E-state index in [9.17, 15) is 18.4 Å². The zero-order chi connectivity index (χ0) is 18.0. The molecule has 8 heteroatoms. The number of fused-ring (bicyclic) bond motifs is 1. The van der Waals surface area contributed by atoms with E-state index in [0.717, 1.165) is 12.1 Å². The summed E-state index contributed by atoms with van der Waals surface area (Å²) in [5.74, 6) is -2.19. The molecule has 25 heavy (non-hydrogen) atoms. The molecule has 0 unspecified atom stereocenters. The smallest absolute Gasteiger partial charge is 0.262 e. The summed E-state index contributed by atoms with van der Waals surface area (Å²) in [4.78, 5) is 29.1. The van der Waals surface area contributed by atoms with Gasteiger partial charge in [-0.15, -0.1) is 11.3 Å². The van der Waals surface area contributed by atoms with Crippen LogP contribution in [0.3, 0.4) is 0 Å². The second kappa shape index (κ2) is 7.10. The number of amides is 1. The molecule has 1 aromatic carbocycles. The highest BCUT2D eigenvalue weighted by Gasteiger charge is 2.13. The van der Waals surface area contributed by atoms with Crippen LogP contribution in [-0.4, -0.2) is 15.5 Å². The van der Waals surface area contributed by atoms with E-state index in [4.69, 9.17) is 0 Å². The second-order valence-electron chi connectivity index (χ2n) is 5.60. The predicted octanol–water partition coefficient (Wildman–Crippen LogP) is 3.00. The van der Waals surface area contributed by atoms with Gasteiger partial charge in [0.25, 0.3) is 5.56 Å². The number of carbonyl (C=O) groups excluding carboxylic acids is 1. The molecule has 5 nitrogen and oxygen atoms in total. The van der Waals surface area contributed by atoms with Crippen LogP contribution >= 0.6 is 11.3 Å². The van der Waals surface area contributed by atoms with Gasteiger partial charge in [-0.2, -0.15) is 0 Å². The zero-order valence-electron chi connectivity index (χ0n) is 13.3. The highest BCUT2D eigenvalue weighted by Crippen LogP contribution is 2.16. The Morgan fingerprint density at radius 1 is 1.32 bits per heavy atom. The van der Waals surface area contributed by atoms with Crippen molar-refractivity contribution in [1.82, 2.24) is 14.9 Å². The number of aromatic nitrogens is 2. The Labute approximate surface area is 145 Å². The lowest BCUT2D eigenvalue weighted by atomic mass is 10.1. The van der Waals surface area contributed by atoms with E-state index in [1.54, 1.807) is 18.4 Å². The molecule has 2 aromatic heterocycles. The van der Waals surface area contributed by atoms with Crippen molar-refractivity contribution in [1.29, 1.82) is 0 Å². The molecule has 0 saturated carbocycles. The summed E-state index contributed by atoms with van der Waals surface area (Å²) < 4.78 is 27.6. The van der Waals surface area contributed by atoms with Crippen LogP contribution in [0.5, 0.6) is 0 Å². The highest BCUT2D eigenvalue weighted by atomic mass is 32.1. The molecule has 1 N–H and O–H groups in total. The van der Waals surface area contributed by atoms with Gasteiger partial charge >= 0.3 is 0 Å². The number of halogens is 2. The maximum Gasteiger partial charge on any atom is 0.262 e. The molecule has 2 heterocycles. The van der Waals surface area contributed by atoms with Gasteiger partial charge in [0.2, 0.25) is 5.91 Å². The van der Waals surface area contributed by atoms with E-state index in [0.29, 0.717) is 15.8 Å². The summed E-state index contributed by atoms with van der Waals surface area (Å²) in [6.45, 7) is 1.86. The quantitative estimate of drug-likeness (QED) is 0.758. The van der Waals surface area contributed by atoms with Crippen molar-refractivity contribution in [3.8, 4) is 0 Å². The fourth-order valence-corrected chi connectivity index (χ4v) is 3.18. The van der Waals surface area contributed by atoms with Crippen LogP contribution in [-0.2, 0) is 11.3 Å². The van der Waals surface area contributed by atoms with Gasteiger partial charge in [-0.05, 0) is 36.1 Å². The number of benzene rings is 1. The summed E-state index contributed by atoms with van der Waals surface area (Å²) in [5.41, 5.74) is 0.276. The Morgan fingerprint density at radius 2 is 2.12 bits per heavy atom. The molecule has 3 aromatic rings. The minimum absolute atomic E-state index is 0.0747. The van der Waals surface area contributed by atoms with Crippen LogP contribution in [0.15, 0.2) is 40.8 Å². The van der Waals surface area contributed by atoms with Gasteiger partial charge in [0, 0.05) is 13.0 Å². The third kappa shape index (κ3) is 3.74. The van der Waals surface area contributed by atoms with E-state index in [2.05, 4.69) is 10.3 Å². The van der Waals surface area contributed by atoms with Crippen LogP contribution in [0.1, 0.15) is 24.9 Å². The maximum atomic E-state index is 13.3. The Bertz CT molecular complexity index is 983. The van der Waals surface area contributed by atoms with Crippen LogP contribution in [0, 0.1) is 11.6 Å². The van der Waals surface area contributed by atoms with Gasteiger partial charge in [0.15, 0.2) is 11.6 Å². The summed E-state index contributed by atoms with van der Waals surface area (Å²) in [5, 5.41) is 5.02. The highest BCUT2D eigenvalue weighted by molar-refractivity contribution is 7.16. The minimum atomic E-state index is -0.958. The average molecular weight is 363 g/mol. The summed E-state index contributed by atoms with van der Waals surface area (Å²) in [7, 11) is 0. The van der Waals surface area contributed by atoms with Crippen molar-refractivity contribution in [3.05, 3.63) is 63.5 Å². The van der Waals surface area contributed by atoms with Gasteiger partial charge in [-0.1, -0.05) is 6.07 Å². The van der Waals surface area contributed by atoms with Crippen LogP contribution in [0.25, 0.3) is 10.2 Å². The molecule has 0 spiro atoms. The molecule has 0 saturated heterocycles. The Hall–Kier alpha value is -2.61. The van der Waals surface area contributed by atoms with E-state index in [1.807, 2.05) is 0 Å². The molecular weight excluding hydrogens is 348 g/mol. The van der Waals surface area contributed by atoms with E-state index in [1.165, 1.54) is 28.3 Å². The Balaban J connectivity index is 1.62. The molecule has 0 fully saturated rings. The minimum Gasteiger partial charge on any atom is -0.350 e. The van der Waals surface area contributed by atoms with Gasteiger partial charge in [-0.25, -0.2) is 13.8 Å². The van der Waals surface area contributed by atoms with Crippen molar-refractivity contribution < 1.29 is 13.6 Å². The van der Waals surface area contributed by atoms with E-state index < -0.39 is 17.7 Å². The summed E-state index contributed by atoms with van der Waals surface area (Å²) in [6, 6.07) is 4.73. The molecule has 0 bridgehead atoms. The van der Waals surface area contributed by atoms with Crippen molar-refractivity contribution in [3.63, 3.8) is 0 Å². The Morgan fingerprint density at radius 3 is 2.88 bits per heavy atom. The molecule has 3 rings (SSSR count). The first-order chi connectivity index (χ1) is 12.0. The van der Waals surface area contributed by atoms with Gasteiger partial charge in [0.05, 0.1) is 17.8 Å². The van der Waals surface area contributed by atoms with Crippen molar-refractivity contribution in [2.75, 3.05) is 0 Å². The number of nitrogens with zero attached hydrogens (tertiary/aromatic N) is 2. The lowest BCUT2D eigenvalue weighted by Crippen LogP contribution is -2.29. The molecule has 0 aliphatic carbocycles. The topological polar surface area (TPSA) is 64.0 Å². The lowest BCUT2D eigenvalue weighted by molar-refractivity contribution is -0.121. The van der Waals surface area contributed by atoms with Gasteiger partial charge in [-0.3, -0.25) is 14.2 Å². The van der Waals surface area contributed by atoms with Crippen LogP contribution in [0.4, 0.5) is 8.78 Å². The Kier molecular flexibility index (Phi) is 4.89. The molecule has 1 atom stereocenters. The van der Waals surface area contributed by atoms with E-state index in [-0.39, 0.29) is 24.4 Å². The van der Waals surface area contributed by atoms with Crippen LogP contribution < -0.4 is 10.9 Å². The monoisotopic (exact) mass is 363 g/mol. The summed E-state index contributed by atoms with van der Waals surface area (Å²) in [6.07, 6.45) is 1.50. The predicted molar refractivity (Wildman–Crippen MR) is 91.4 cm³/mol. The number of thiophene rings is 1. The number of carbonyl (C=O) groups is 1. The molecular formula is C17H15F2N3O2S. The molecule has 0 radical (unpaired) electrons. The maximum absolute atomic E-state index is 13.3.